The molecule has 0 unspecified atom stereocenters. The predicted octanol–water partition coefficient (Wildman–Crippen LogP) is 4.10. The molecule has 162 valence electrons. The lowest BCUT2D eigenvalue weighted by molar-refractivity contribution is 0.0697. The Morgan fingerprint density at radius 1 is 1.19 bits per heavy atom. The Kier molecular flexibility index (Phi) is 6.81. The molecule has 7 nitrogen and oxygen atoms in total. The van der Waals surface area contributed by atoms with E-state index in [4.69, 9.17) is 15.6 Å². The minimum atomic E-state index is -0.970. The van der Waals surface area contributed by atoms with Crippen LogP contribution in [0.3, 0.4) is 0 Å². The van der Waals surface area contributed by atoms with E-state index in [-0.39, 0.29) is 16.9 Å². The van der Waals surface area contributed by atoms with Crippen LogP contribution in [0, 0.1) is 5.82 Å². The zero-order chi connectivity index (χ0) is 22.4. The van der Waals surface area contributed by atoms with Gasteiger partial charge in [0.1, 0.15) is 0 Å². The molecule has 0 bridgehead atoms. The van der Waals surface area contributed by atoms with Crippen LogP contribution in [0.1, 0.15) is 36.2 Å². The number of rotatable bonds is 9. The molecule has 0 aliphatic heterocycles. The zero-order valence-corrected chi connectivity index (χ0v) is 17.4. The molecule has 0 atom stereocenters. The van der Waals surface area contributed by atoms with Gasteiger partial charge in [0.2, 0.25) is 5.95 Å². The molecule has 0 saturated carbocycles. The molecule has 0 radical (unpaired) electrons. The number of nitrogens with zero attached hydrogens (tertiary/aromatic N) is 2. The summed E-state index contributed by atoms with van der Waals surface area (Å²) in [6.45, 7) is 4.53. The molecule has 1 heterocycles. The van der Waals surface area contributed by atoms with Gasteiger partial charge in [-0.2, -0.15) is 0 Å². The Hall–Kier alpha value is -3.52. The van der Waals surface area contributed by atoms with E-state index >= 15 is 0 Å². The van der Waals surface area contributed by atoms with Crippen LogP contribution in [0.4, 0.5) is 10.3 Å². The van der Waals surface area contributed by atoms with E-state index in [1.54, 1.807) is 36.5 Å². The smallest absolute Gasteiger partial charge is 0.335 e. The third-order valence-corrected chi connectivity index (χ3v) is 4.54. The number of nitrogens with two attached hydrogens (primary N) is 1. The number of aromatic nitrogens is 2. The standard InChI is InChI=1S/C23H25FN4O3/c1-23(2,25)10-12-31-20-8-7-17(13-18(20)24)19-9-11-26-22(28-19)27-14-15-3-5-16(6-4-15)21(29)30/h3-9,11,13H,10,12,14,25H2,1-2H3,(H,29,30)(H,26,27,28). The first-order chi connectivity index (χ1) is 14.7. The molecule has 0 spiro atoms. The van der Waals surface area contributed by atoms with Gasteiger partial charge in [-0.05, 0) is 62.2 Å². The van der Waals surface area contributed by atoms with Gasteiger partial charge < -0.3 is 20.9 Å². The minimum absolute atomic E-state index is 0.171. The van der Waals surface area contributed by atoms with Gasteiger partial charge in [-0.1, -0.05) is 12.1 Å². The highest BCUT2D eigenvalue weighted by molar-refractivity contribution is 5.87. The van der Waals surface area contributed by atoms with Crippen molar-refractivity contribution in [2.75, 3.05) is 11.9 Å². The van der Waals surface area contributed by atoms with E-state index in [1.165, 1.54) is 18.2 Å². The highest BCUT2D eigenvalue weighted by atomic mass is 19.1. The molecule has 4 N–H and O–H groups in total. The Morgan fingerprint density at radius 2 is 1.94 bits per heavy atom. The van der Waals surface area contributed by atoms with Crippen LogP contribution in [-0.4, -0.2) is 33.2 Å². The van der Waals surface area contributed by atoms with Crippen molar-refractivity contribution in [3.05, 3.63) is 71.7 Å². The Labute approximate surface area is 180 Å². The Morgan fingerprint density at radius 3 is 2.58 bits per heavy atom. The number of hydrogen-bond acceptors (Lipinski definition) is 6. The van der Waals surface area contributed by atoms with Crippen molar-refractivity contribution in [3.63, 3.8) is 0 Å². The zero-order valence-electron chi connectivity index (χ0n) is 17.4. The van der Waals surface area contributed by atoms with Crippen LogP contribution in [-0.2, 0) is 6.54 Å². The van der Waals surface area contributed by atoms with Crippen molar-refractivity contribution in [2.45, 2.75) is 32.4 Å². The summed E-state index contributed by atoms with van der Waals surface area (Å²) in [5.74, 6) is -0.891. The highest BCUT2D eigenvalue weighted by Gasteiger charge is 2.13. The van der Waals surface area contributed by atoms with Gasteiger partial charge in [-0.25, -0.2) is 19.2 Å². The Bertz CT molecular complexity index is 1050. The first kappa shape index (κ1) is 22.2. The molecule has 3 rings (SSSR count). The first-order valence-corrected chi connectivity index (χ1v) is 9.82. The fraction of sp³-hybridized carbons (Fsp3) is 0.261. The normalized spacial score (nSPS) is 11.2. The fourth-order valence-corrected chi connectivity index (χ4v) is 2.75. The predicted molar refractivity (Wildman–Crippen MR) is 117 cm³/mol. The average molecular weight is 424 g/mol. The van der Waals surface area contributed by atoms with E-state index in [0.29, 0.717) is 36.8 Å². The number of carboxylic acids is 1. The SMILES string of the molecule is CC(C)(N)CCOc1ccc(-c2ccnc(NCc3ccc(C(=O)O)cc3)n2)cc1F. The van der Waals surface area contributed by atoms with Gasteiger partial charge in [0.25, 0.3) is 0 Å². The van der Waals surface area contributed by atoms with Crippen LogP contribution in [0.5, 0.6) is 5.75 Å². The lowest BCUT2D eigenvalue weighted by atomic mass is 10.0. The molecule has 0 amide bonds. The van der Waals surface area contributed by atoms with Crippen LogP contribution in [0.25, 0.3) is 11.3 Å². The van der Waals surface area contributed by atoms with Crippen molar-refractivity contribution >= 4 is 11.9 Å². The second kappa shape index (κ2) is 9.53. The molecular weight excluding hydrogens is 399 g/mol. The van der Waals surface area contributed by atoms with Crippen molar-refractivity contribution in [3.8, 4) is 17.0 Å². The number of halogens is 1. The van der Waals surface area contributed by atoms with Crippen molar-refractivity contribution in [1.29, 1.82) is 0 Å². The van der Waals surface area contributed by atoms with Crippen LogP contribution >= 0.6 is 0 Å². The van der Waals surface area contributed by atoms with E-state index in [2.05, 4.69) is 15.3 Å². The topological polar surface area (TPSA) is 110 Å². The third kappa shape index (κ3) is 6.48. The average Bonchev–Trinajstić information content (AvgIpc) is 2.73. The third-order valence-electron chi connectivity index (χ3n) is 4.54. The summed E-state index contributed by atoms with van der Waals surface area (Å²) in [5.41, 5.74) is 7.81. The second-order valence-electron chi connectivity index (χ2n) is 7.85. The summed E-state index contributed by atoms with van der Waals surface area (Å²) >= 11 is 0. The number of carboxylic acid groups (broad SMARTS) is 1. The maximum absolute atomic E-state index is 14.5. The lowest BCUT2D eigenvalue weighted by Crippen LogP contribution is -2.33. The molecule has 0 aliphatic carbocycles. The van der Waals surface area contributed by atoms with E-state index in [9.17, 15) is 9.18 Å². The summed E-state index contributed by atoms with van der Waals surface area (Å²) in [5, 5.41) is 12.0. The lowest BCUT2D eigenvalue weighted by Gasteiger charge is -2.18. The summed E-state index contributed by atoms with van der Waals surface area (Å²) in [4.78, 5) is 19.5. The number of nitrogens with one attached hydrogen (secondary N) is 1. The maximum atomic E-state index is 14.5. The first-order valence-electron chi connectivity index (χ1n) is 9.82. The van der Waals surface area contributed by atoms with Crippen LogP contribution < -0.4 is 15.8 Å². The summed E-state index contributed by atoms with van der Waals surface area (Å²) in [6, 6.07) is 12.9. The summed E-state index contributed by atoms with van der Waals surface area (Å²) in [6.07, 6.45) is 2.19. The number of hydrogen-bond donors (Lipinski definition) is 3. The highest BCUT2D eigenvalue weighted by Crippen LogP contribution is 2.25. The van der Waals surface area contributed by atoms with Gasteiger partial charge in [-0.3, -0.25) is 0 Å². The summed E-state index contributed by atoms with van der Waals surface area (Å²) < 4.78 is 20.0. The largest absolute Gasteiger partial charge is 0.490 e. The fourth-order valence-electron chi connectivity index (χ4n) is 2.75. The quantitative estimate of drug-likeness (QED) is 0.474. The number of carbonyl (C=O) groups is 1. The van der Waals surface area contributed by atoms with E-state index in [0.717, 1.165) is 5.56 Å². The molecule has 3 aromatic rings. The van der Waals surface area contributed by atoms with Gasteiger partial charge in [0.15, 0.2) is 11.6 Å². The number of ether oxygens (including phenoxy) is 1. The van der Waals surface area contributed by atoms with Crippen LogP contribution in [0.15, 0.2) is 54.7 Å². The molecule has 2 aromatic carbocycles. The molecule has 31 heavy (non-hydrogen) atoms. The van der Waals surface area contributed by atoms with E-state index < -0.39 is 11.8 Å². The molecule has 0 fully saturated rings. The molecular formula is C23H25FN4O3. The van der Waals surface area contributed by atoms with Gasteiger partial charge in [0.05, 0.1) is 17.9 Å². The molecule has 8 heteroatoms. The van der Waals surface area contributed by atoms with E-state index in [1.807, 2.05) is 13.8 Å². The number of benzene rings is 2. The number of aromatic carboxylic acids is 1. The summed E-state index contributed by atoms with van der Waals surface area (Å²) in [7, 11) is 0. The van der Waals surface area contributed by atoms with Crippen molar-refractivity contribution in [1.82, 2.24) is 9.97 Å². The minimum Gasteiger partial charge on any atom is -0.490 e. The molecule has 1 aromatic heterocycles. The monoisotopic (exact) mass is 424 g/mol. The van der Waals surface area contributed by atoms with Crippen molar-refractivity contribution < 1.29 is 19.0 Å². The Balaban J connectivity index is 1.65. The second-order valence-corrected chi connectivity index (χ2v) is 7.85. The van der Waals surface area contributed by atoms with Crippen molar-refractivity contribution in [2.24, 2.45) is 5.73 Å². The van der Waals surface area contributed by atoms with Gasteiger partial charge >= 0.3 is 5.97 Å². The molecule has 0 aliphatic rings. The van der Waals surface area contributed by atoms with Gasteiger partial charge in [0, 0.05) is 23.8 Å². The molecule has 0 saturated heterocycles. The van der Waals surface area contributed by atoms with Crippen LogP contribution in [0.2, 0.25) is 0 Å². The van der Waals surface area contributed by atoms with Gasteiger partial charge in [-0.15, -0.1) is 0 Å². The number of anilines is 1. The maximum Gasteiger partial charge on any atom is 0.335 e.